The minimum atomic E-state index is -1.38. The molecular weight excluding hydrogens is 687 g/mol. The van der Waals surface area contributed by atoms with E-state index in [-0.39, 0.29) is 36.1 Å². The van der Waals surface area contributed by atoms with Crippen molar-refractivity contribution in [3.05, 3.63) is 155 Å². The molecule has 0 saturated heterocycles. The van der Waals surface area contributed by atoms with Crippen molar-refractivity contribution in [2.45, 2.75) is 30.3 Å². The summed E-state index contributed by atoms with van der Waals surface area (Å²) < 4.78 is 25.9. The second-order valence-corrected chi connectivity index (χ2v) is 13.2. The Morgan fingerprint density at radius 2 is 1.30 bits per heavy atom. The monoisotopic (exact) mass is 728 g/mol. The van der Waals surface area contributed by atoms with Gasteiger partial charge in [0.1, 0.15) is 28.9 Å². The highest BCUT2D eigenvalue weighted by Gasteiger charge is 2.62. The van der Waals surface area contributed by atoms with Crippen LogP contribution in [0.5, 0.6) is 11.5 Å². The van der Waals surface area contributed by atoms with Crippen LogP contribution in [-0.4, -0.2) is 63.5 Å². The fourth-order valence-electron chi connectivity index (χ4n) is 6.57. The maximum Gasteiger partial charge on any atom is 0.255 e. The van der Waals surface area contributed by atoms with E-state index in [1.165, 1.54) is 15.9 Å². The molecule has 2 N–H and O–H groups in total. The highest BCUT2D eigenvalue weighted by molar-refractivity contribution is 6.09. The van der Waals surface area contributed by atoms with Crippen molar-refractivity contribution in [2.75, 3.05) is 38.1 Å². The van der Waals surface area contributed by atoms with Gasteiger partial charge in [-0.05, 0) is 84.3 Å². The number of rotatable bonds is 13. The Morgan fingerprint density at radius 1 is 0.741 bits per heavy atom. The van der Waals surface area contributed by atoms with Gasteiger partial charge in [0.25, 0.3) is 17.7 Å². The predicted octanol–water partition coefficient (Wildman–Crippen LogP) is 6.17. The summed E-state index contributed by atoms with van der Waals surface area (Å²) in [5.41, 5.74) is 0.991. The topological polar surface area (TPSA) is 117 Å². The van der Waals surface area contributed by atoms with Crippen LogP contribution in [0.4, 0.5) is 15.8 Å². The quantitative estimate of drug-likeness (QED) is 0.150. The Hall–Kier alpha value is -6.49. The predicted molar refractivity (Wildman–Crippen MR) is 205 cm³/mol. The standard InChI is InChI=1S/C43H41FN4O6/c1-47(31-16-20-33(53-3)21-17-31)41(51)38(25-28-11-7-5-8-12-28)45-39(49)30-15-24-37(44)35(26-30)40(50)46-43(27-36(43)29-13-9-6-10-14-29)42(52)48(2)32-18-22-34(54-4)23-19-32/h5-24,26,36,38H,25,27H2,1-4H3,(H,45,49)(H,46,50)/t36?,38-,43-/m0/s1. The molecule has 1 fully saturated rings. The first-order valence-electron chi connectivity index (χ1n) is 17.4. The molecule has 0 spiro atoms. The van der Waals surface area contributed by atoms with Crippen LogP contribution in [-0.2, 0) is 16.0 Å². The number of hydrogen-bond acceptors (Lipinski definition) is 6. The van der Waals surface area contributed by atoms with Crippen LogP contribution in [0, 0.1) is 5.82 Å². The average molecular weight is 729 g/mol. The molecule has 1 unspecified atom stereocenters. The molecule has 0 aromatic heterocycles. The van der Waals surface area contributed by atoms with Crippen molar-refractivity contribution < 1.29 is 33.0 Å². The van der Waals surface area contributed by atoms with Crippen molar-refractivity contribution in [3.8, 4) is 11.5 Å². The first-order valence-corrected chi connectivity index (χ1v) is 17.4. The Bertz CT molecular complexity index is 2130. The molecule has 11 heteroatoms. The molecular formula is C43H41FN4O6. The SMILES string of the molecule is COc1ccc(N(C)C(=O)[C@H](Cc2ccccc2)NC(=O)c2ccc(F)c(C(=O)N[C@@]3(C(=O)N(C)c4ccc(OC)cc4)CC3c3ccccc3)c2)cc1. The average Bonchev–Trinajstić information content (AvgIpc) is 3.95. The van der Waals surface area contributed by atoms with Gasteiger partial charge in [0, 0.05) is 43.4 Å². The van der Waals surface area contributed by atoms with E-state index in [9.17, 15) is 19.2 Å². The highest BCUT2D eigenvalue weighted by Crippen LogP contribution is 2.53. The van der Waals surface area contributed by atoms with Gasteiger partial charge < -0.3 is 29.9 Å². The molecule has 3 atom stereocenters. The number of amides is 4. The van der Waals surface area contributed by atoms with Gasteiger partial charge in [-0.25, -0.2) is 4.39 Å². The summed E-state index contributed by atoms with van der Waals surface area (Å²) in [5, 5.41) is 5.66. The molecule has 6 rings (SSSR count). The van der Waals surface area contributed by atoms with E-state index in [0.717, 1.165) is 23.3 Å². The number of nitrogens with zero attached hydrogens (tertiary/aromatic N) is 2. The number of methoxy groups -OCH3 is 2. The fraction of sp³-hybridized carbons (Fsp3) is 0.209. The summed E-state index contributed by atoms with van der Waals surface area (Å²) in [7, 11) is 6.32. The van der Waals surface area contributed by atoms with Gasteiger partial charge in [0.2, 0.25) is 5.91 Å². The van der Waals surface area contributed by atoms with E-state index in [4.69, 9.17) is 9.47 Å². The maximum absolute atomic E-state index is 15.5. The third-order valence-corrected chi connectivity index (χ3v) is 9.79. The largest absolute Gasteiger partial charge is 0.497 e. The Kier molecular flexibility index (Phi) is 11.1. The zero-order valence-corrected chi connectivity index (χ0v) is 30.4. The molecule has 54 heavy (non-hydrogen) atoms. The third-order valence-electron chi connectivity index (χ3n) is 9.79. The van der Waals surface area contributed by atoms with Gasteiger partial charge in [0.15, 0.2) is 0 Å². The van der Waals surface area contributed by atoms with Crippen LogP contribution in [0.25, 0.3) is 0 Å². The Labute approximate surface area is 313 Å². The lowest BCUT2D eigenvalue weighted by Crippen LogP contribution is -2.51. The van der Waals surface area contributed by atoms with E-state index in [0.29, 0.717) is 22.9 Å². The Morgan fingerprint density at radius 3 is 1.87 bits per heavy atom. The van der Waals surface area contributed by atoms with E-state index < -0.39 is 34.8 Å². The van der Waals surface area contributed by atoms with Crippen molar-refractivity contribution in [1.82, 2.24) is 10.6 Å². The second kappa shape index (κ2) is 16.0. The maximum atomic E-state index is 15.5. The molecule has 5 aromatic carbocycles. The Balaban J connectivity index is 1.25. The smallest absolute Gasteiger partial charge is 0.255 e. The van der Waals surface area contributed by atoms with Crippen molar-refractivity contribution in [1.29, 1.82) is 0 Å². The van der Waals surface area contributed by atoms with E-state index >= 15 is 4.39 Å². The van der Waals surface area contributed by atoms with Crippen LogP contribution in [0.15, 0.2) is 127 Å². The molecule has 1 aliphatic carbocycles. The molecule has 0 aliphatic heterocycles. The summed E-state index contributed by atoms with van der Waals surface area (Å²) in [6.45, 7) is 0. The van der Waals surface area contributed by atoms with E-state index in [1.807, 2.05) is 60.7 Å². The number of nitrogens with one attached hydrogen (secondary N) is 2. The molecule has 0 radical (unpaired) electrons. The lowest BCUT2D eigenvalue weighted by molar-refractivity contribution is -0.121. The van der Waals surface area contributed by atoms with E-state index in [2.05, 4.69) is 10.6 Å². The summed E-state index contributed by atoms with van der Waals surface area (Å²) in [6, 6.07) is 34.8. The van der Waals surface area contributed by atoms with Crippen LogP contribution in [0.1, 0.15) is 44.2 Å². The summed E-state index contributed by atoms with van der Waals surface area (Å²) in [4.78, 5) is 58.7. The number of carbonyl (C=O) groups excluding carboxylic acids is 4. The van der Waals surface area contributed by atoms with Gasteiger partial charge in [-0.2, -0.15) is 0 Å². The van der Waals surface area contributed by atoms with Gasteiger partial charge >= 0.3 is 0 Å². The van der Waals surface area contributed by atoms with Gasteiger partial charge in [0.05, 0.1) is 19.8 Å². The van der Waals surface area contributed by atoms with Crippen LogP contribution >= 0.6 is 0 Å². The number of likely N-dealkylation sites (N-methyl/N-ethyl adjacent to an activating group) is 2. The molecule has 1 saturated carbocycles. The van der Waals surface area contributed by atoms with Crippen molar-refractivity contribution >= 4 is 35.0 Å². The molecule has 10 nitrogen and oxygen atoms in total. The van der Waals surface area contributed by atoms with Crippen LogP contribution in [0.3, 0.4) is 0 Å². The third kappa shape index (κ3) is 7.95. The zero-order valence-electron chi connectivity index (χ0n) is 30.4. The summed E-state index contributed by atoms with van der Waals surface area (Å²) >= 11 is 0. The van der Waals surface area contributed by atoms with E-state index in [1.54, 1.807) is 76.8 Å². The van der Waals surface area contributed by atoms with Crippen molar-refractivity contribution in [3.63, 3.8) is 0 Å². The molecule has 5 aromatic rings. The number of anilines is 2. The first-order chi connectivity index (χ1) is 26.0. The molecule has 4 amide bonds. The highest BCUT2D eigenvalue weighted by atomic mass is 19.1. The molecule has 276 valence electrons. The minimum Gasteiger partial charge on any atom is -0.497 e. The zero-order chi connectivity index (χ0) is 38.4. The fourth-order valence-corrected chi connectivity index (χ4v) is 6.57. The molecule has 0 bridgehead atoms. The number of hydrogen-bond donors (Lipinski definition) is 2. The van der Waals surface area contributed by atoms with Gasteiger partial charge in [-0.15, -0.1) is 0 Å². The molecule has 1 aliphatic rings. The second-order valence-electron chi connectivity index (χ2n) is 13.2. The summed E-state index contributed by atoms with van der Waals surface area (Å²) in [6.07, 6.45) is 0.461. The number of benzene rings is 5. The van der Waals surface area contributed by atoms with Crippen molar-refractivity contribution in [2.24, 2.45) is 0 Å². The van der Waals surface area contributed by atoms with Crippen LogP contribution in [0.2, 0.25) is 0 Å². The minimum absolute atomic E-state index is 0.0364. The number of ether oxygens (including phenoxy) is 2. The van der Waals surface area contributed by atoms with Gasteiger partial charge in [-0.1, -0.05) is 60.7 Å². The number of halogens is 1. The normalized spacial score (nSPS) is 16.4. The lowest BCUT2D eigenvalue weighted by atomic mass is 10.0. The lowest BCUT2D eigenvalue weighted by Gasteiger charge is -2.26. The number of carbonyl (C=O) groups is 4. The van der Waals surface area contributed by atoms with Gasteiger partial charge in [-0.3, -0.25) is 19.2 Å². The van der Waals surface area contributed by atoms with Crippen LogP contribution < -0.4 is 29.9 Å². The summed E-state index contributed by atoms with van der Waals surface area (Å²) in [5.74, 6) is -2.31. The molecule has 0 heterocycles. The first kappa shape index (κ1) is 37.3.